The first-order chi connectivity index (χ1) is 13.0. The van der Waals surface area contributed by atoms with Crippen molar-refractivity contribution in [3.8, 4) is 0 Å². The fourth-order valence-corrected chi connectivity index (χ4v) is 3.80. The molecule has 2 amide bonds. The molecule has 2 aliphatic rings. The Kier molecular flexibility index (Phi) is 4.43. The van der Waals surface area contributed by atoms with E-state index in [4.69, 9.17) is 4.74 Å². The number of imidazole rings is 1. The predicted molar refractivity (Wildman–Crippen MR) is 95.8 cm³/mol. The van der Waals surface area contributed by atoms with Crippen molar-refractivity contribution in [2.45, 2.75) is 18.4 Å². The van der Waals surface area contributed by atoms with E-state index in [2.05, 4.69) is 4.98 Å². The summed E-state index contributed by atoms with van der Waals surface area (Å²) < 4.78 is 20.9. The minimum atomic E-state index is -0.624. The summed E-state index contributed by atoms with van der Waals surface area (Å²) in [4.78, 5) is 32.7. The number of carbonyl (C=O) groups excluding carboxylic acids is 2. The standard InChI is InChI=1S/C19H21FN4O3/c1-22-10-8-21-17(22)18(26)23-9-2-7-19(12-23)13-24(16(25)11-27-19)15-5-3-14(20)4-6-15/h3-6,8,10H,2,7,9,11-13H2,1H3. The van der Waals surface area contributed by atoms with Crippen molar-refractivity contribution >= 4 is 17.5 Å². The zero-order valence-corrected chi connectivity index (χ0v) is 15.1. The van der Waals surface area contributed by atoms with Crippen LogP contribution in [0.5, 0.6) is 0 Å². The quantitative estimate of drug-likeness (QED) is 0.803. The van der Waals surface area contributed by atoms with Crippen LogP contribution in [0.25, 0.3) is 0 Å². The van der Waals surface area contributed by atoms with Crippen LogP contribution in [0.15, 0.2) is 36.7 Å². The highest BCUT2D eigenvalue weighted by Gasteiger charge is 2.44. The number of hydrogen-bond acceptors (Lipinski definition) is 4. The minimum absolute atomic E-state index is 0.0538. The molecule has 1 aromatic heterocycles. The van der Waals surface area contributed by atoms with Gasteiger partial charge < -0.3 is 19.1 Å². The summed E-state index contributed by atoms with van der Waals surface area (Å²) >= 11 is 0. The largest absolute Gasteiger partial charge is 0.361 e. The van der Waals surface area contributed by atoms with Gasteiger partial charge in [0, 0.05) is 31.7 Å². The molecular weight excluding hydrogens is 351 g/mol. The van der Waals surface area contributed by atoms with Gasteiger partial charge in [-0.2, -0.15) is 0 Å². The van der Waals surface area contributed by atoms with E-state index in [0.29, 0.717) is 31.1 Å². The molecule has 1 unspecified atom stereocenters. The van der Waals surface area contributed by atoms with Gasteiger partial charge in [-0.15, -0.1) is 0 Å². The van der Waals surface area contributed by atoms with Gasteiger partial charge in [-0.3, -0.25) is 9.59 Å². The lowest BCUT2D eigenvalue weighted by atomic mass is 9.90. The van der Waals surface area contributed by atoms with E-state index >= 15 is 0 Å². The Bertz CT molecular complexity index is 866. The molecule has 7 nitrogen and oxygen atoms in total. The van der Waals surface area contributed by atoms with E-state index in [0.717, 1.165) is 12.8 Å². The maximum absolute atomic E-state index is 13.2. The molecule has 1 aromatic carbocycles. The number of ether oxygens (including phenoxy) is 1. The molecule has 2 saturated heterocycles. The Hall–Kier alpha value is -2.74. The normalized spacial score (nSPS) is 23.1. The molecule has 0 saturated carbocycles. The van der Waals surface area contributed by atoms with Crippen molar-refractivity contribution in [1.82, 2.24) is 14.5 Å². The lowest BCUT2D eigenvalue weighted by Crippen LogP contribution is -2.62. The monoisotopic (exact) mass is 372 g/mol. The van der Waals surface area contributed by atoms with E-state index in [1.807, 2.05) is 0 Å². The summed E-state index contributed by atoms with van der Waals surface area (Å²) in [6, 6.07) is 5.85. The zero-order chi connectivity index (χ0) is 19.0. The summed E-state index contributed by atoms with van der Waals surface area (Å²) in [7, 11) is 1.78. The highest BCUT2D eigenvalue weighted by molar-refractivity contribution is 5.95. The number of hydrogen-bond donors (Lipinski definition) is 0. The van der Waals surface area contributed by atoms with Crippen molar-refractivity contribution in [2.24, 2.45) is 7.05 Å². The Morgan fingerprint density at radius 3 is 2.74 bits per heavy atom. The number of benzene rings is 1. The van der Waals surface area contributed by atoms with E-state index in [9.17, 15) is 14.0 Å². The van der Waals surface area contributed by atoms with Crippen LogP contribution in [-0.4, -0.2) is 58.1 Å². The van der Waals surface area contributed by atoms with Crippen molar-refractivity contribution in [3.05, 3.63) is 48.3 Å². The van der Waals surface area contributed by atoms with Gasteiger partial charge in [0.2, 0.25) is 0 Å². The molecule has 4 rings (SSSR count). The van der Waals surface area contributed by atoms with E-state index in [-0.39, 0.29) is 24.2 Å². The number of nitrogens with zero attached hydrogens (tertiary/aromatic N) is 4. The highest BCUT2D eigenvalue weighted by atomic mass is 19.1. The second-order valence-electron chi connectivity index (χ2n) is 7.12. The molecule has 142 valence electrons. The number of morpholine rings is 1. The zero-order valence-electron chi connectivity index (χ0n) is 15.1. The molecule has 2 fully saturated rings. The smallest absolute Gasteiger partial charge is 0.289 e. The van der Waals surface area contributed by atoms with Crippen LogP contribution in [0.2, 0.25) is 0 Å². The van der Waals surface area contributed by atoms with Crippen LogP contribution in [0, 0.1) is 5.82 Å². The maximum Gasteiger partial charge on any atom is 0.289 e. The van der Waals surface area contributed by atoms with Crippen LogP contribution in [0.3, 0.4) is 0 Å². The van der Waals surface area contributed by atoms with E-state index in [1.54, 1.807) is 45.9 Å². The molecule has 3 heterocycles. The van der Waals surface area contributed by atoms with Gasteiger partial charge in [-0.25, -0.2) is 9.37 Å². The van der Waals surface area contributed by atoms with E-state index < -0.39 is 5.60 Å². The topological polar surface area (TPSA) is 67.7 Å². The molecule has 2 aliphatic heterocycles. The summed E-state index contributed by atoms with van der Waals surface area (Å²) in [5.41, 5.74) is 0.0121. The number of carbonyl (C=O) groups is 2. The Morgan fingerprint density at radius 1 is 1.26 bits per heavy atom. The van der Waals surface area contributed by atoms with Crippen molar-refractivity contribution in [1.29, 1.82) is 0 Å². The Morgan fingerprint density at radius 2 is 2.04 bits per heavy atom. The minimum Gasteiger partial charge on any atom is -0.361 e. The van der Waals surface area contributed by atoms with Crippen LogP contribution >= 0.6 is 0 Å². The summed E-state index contributed by atoms with van der Waals surface area (Å²) in [5.74, 6) is -0.275. The van der Waals surface area contributed by atoms with Crippen LogP contribution < -0.4 is 4.90 Å². The fourth-order valence-electron chi connectivity index (χ4n) is 3.80. The number of piperidine rings is 1. The molecular formula is C19H21FN4O3. The molecule has 1 atom stereocenters. The van der Waals surface area contributed by atoms with E-state index in [1.165, 1.54) is 12.1 Å². The molecule has 0 radical (unpaired) electrons. The molecule has 0 aliphatic carbocycles. The van der Waals surface area contributed by atoms with Gasteiger partial charge in [0.05, 0.1) is 13.1 Å². The Labute approximate surface area is 156 Å². The van der Waals surface area contributed by atoms with Gasteiger partial charge in [0.1, 0.15) is 18.0 Å². The first-order valence-corrected chi connectivity index (χ1v) is 8.94. The molecule has 1 spiro atoms. The van der Waals surface area contributed by atoms with Crippen LogP contribution in [0.1, 0.15) is 23.5 Å². The third kappa shape index (κ3) is 3.32. The van der Waals surface area contributed by atoms with Gasteiger partial charge >= 0.3 is 0 Å². The first-order valence-electron chi connectivity index (χ1n) is 8.94. The third-order valence-electron chi connectivity index (χ3n) is 5.23. The number of anilines is 1. The average Bonchev–Trinajstić information content (AvgIpc) is 3.10. The molecule has 27 heavy (non-hydrogen) atoms. The van der Waals surface area contributed by atoms with Crippen molar-refractivity contribution in [2.75, 3.05) is 31.1 Å². The lowest BCUT2D eigenvalue weighted by molar-refractivity contribution is -0.144. The molecule has 0 bridgehead atoms. The molecule has 0 N–H and O–H groups in total. The van der Waals surface area contributed by atoms with Gasteiger partial charge in [0.25, 0.3) is 11.8 Å². The second-order valence-corrected chi connectivity index (χ2v) is 7.12. The predicted octanol–water partition coefficient (Wildman–Crippen LogP) is 1.60. The SMILES string of the molecule is Cn1ccnc1C(=O)N1CCCC2(C1)CN(c1ccc(F)cc1)C(=O)CO2. The average molecular weight is 372 g/mol. The maximum atomic E-state index is 13.2. The summed E-state index contributed by atoms with van der Waals surface area (Å²) in [5, 5.41) is 0. The van der Waals surface area contributed by atoms with Crippen LogP contribution in [-0.2, 0) is 16.6 Å². The van der Waals surface area contributed by atoms with Gasteiger partial charge in [-0.1, -0.05) is 0 Å². The highest BCUT2D eigenvalue weighted by Crippen LogP contribution is 2.32. The number of aromatic nitrogens is 2. The number of halogens is 1. The fraction of sp³-hybridized carbons (Fsp3) is 0.421. The van der Waals surface area contributed by atoms with Crippen LogP contribution in [0.4, 0.5) is 10.1 Å². The van der Waals surface area contributed by atoms with Gasteiger partial charge in [0.15, 0.2) is 5.82 Å². The summed E-state index contributed by atoms with van der Waals surface area (Å²) in [6.07, 6.45) is 4.86. The van der Waals surface area contributed by atoms with Crippen molar-refractivity contribution in [3.63, 3.8) is 0 Å². The third-order valence-corrected chi connectivity index (χ3v) is 5.23. The first kappa shape index (κ1) is 17.7. The lowest BCUT2D eigenvalue weighted by Gasteiger charge is -2.47. The second kappa shape index (κ2) is 6.77. The van der Waals surface area contributed by atoms with Crippen molar-refractivity contribution < 1.29 is 18.7 Å². The number of amides is 2. The number of aryl methyl sites for hydroxylation is 1. The number of likely N-dealkylation sites (tertiary alicyclic amines) is 1. The molecule has 8 heteroatoms. The van der Waals surface area contributed by atoms with Gasteiger partial charge in [-0.05, 0) is 37.1 Å². The number of rotatable bonds is 2. The summed E-state index contributed by atoms with van der Waals surface area (Å²) in [6.45, 7) is 1.30. The Balaban J connectivity index is 1.55. The molecule has 2 aromatic rings.